The van der Waals surface area contributed by atoms with E-state index in [4.69, 9.17) is 5.73 Å². The van der Waals surface area contributed by atoms with Gasteiger partial charge in [-0.1, -0.05) is 30.3 Å². The van der Waals surface area contributed by atoms with Gasteiger partial charge >= 0.3 is 0 Å². The molecule has 3 rings (SSSR count). The van der Waals surface area contributed by atoms with Crippen LogP contribution in [0.1, 0.15) is 50.2 Å². The number of carbonyl (C=O) groups excluding carboxylic acids is 2. The largest absolute Gasteiger partial charge is 0.383 e. The highest BCUT2D eigenvalue weighted by atomic mass is 16.1. The lowest BCUT2D eigenvalue weighted by Crippen LogP contribution is -2.26. The molecule has 2 aromatic carbocycles. The molecule has 0 saturated carbocycles. The number of nitrogens with two attached hydrogens (primary N) is 1. The molecule has 0 amide bonds. The number of nitrogens with zero attached hydrogens (tertiary/aromatic N) is 1. The highest BCUT2D eigenvalue weighted by Crippen LogP contribution is 2.34. The molecule has 142 valence electrons. The number of likely N-dealkylation sites (N-methyl/N-ethyl adjacent to an activating group) is 1. The van der Waals surface area contributed by atoms with Gasteiger partial charge in [-0.25, -0.2) is 0 Å². The van der Waals surface area contributed by atoms with Crippen molar-refractivity contribution in [3.05, 3.63) is 64.2 Å². The molecule has 1 aliphatic carbocycles. The smallest absolute Gasteiger partial charge is 0.196 e. The van der Waals surface area contributed by atoms with E-state index in [0.717, 1.165) is 37.1 Å². The Morgan fingerprint density at radius 1 is 0.926 bits per heavy atom. The fraction of sp³-hybridized carbons (Fsp3) is 0.364. The van der Waals surface area contributed by atoms with E-state index in [1.807, 2.05) is 32.3 Å². The Labute approximate surface area is 160 Å². The maximum absolute atomic E-state index is 13.2. The Balaban J connectivity index is 2.04. The minimum atomic E-state index is -0.0757. The Morgan fingerprint density at radius 3 is 2.22 bits per heavy atom. The Bertz CT molecular complexity index is 859. The quantitative estimate of drug-likeness (QED) is 0.600. The van der Waals surface area contributed by atoms with Crippen LogP contribution in [0.25, 0.3) is 0 Å². The molecule has 0 saturated heterocycles. The molecule has 0 bridgehead atoms. The maximum Gasteiger partial charge on any atom is 0.196 e. The van der Waals surface area contributed by atoms with Gasteiger partial charge in [0.25, 0.3) is 0 Å². The number of hydrogen-bond acceptors (Lipinski definition) is 5. The number of unbranched alkanes of at least 4 members (excludes halogenated alkanes) is 1. The number of carbonyl (C=O) groups is 2. The van der Waals surface area contributed by atoms with Crippen molar-refractivity contribution < 1.29 is 9.59 Å². The van der Waals surface area contributed by atoms with Crippen molar-refractivity contribution in [2.75, 3.05) is 39.0 Å². The van der Waals surface area contributed by atoms with Crippen LogP contribution >= 0.6 is 0 Å². The number of aryl methyl sites for hydroxylation is 1. The zero-order valence-corrected chi connectivity index (χ0v) is 16.0. The Morgan fingerprint density at radius 2 is 1.59 bits per heavy atom. The van der Waals surface area contributed by atoms with Gasteiger partial charge in [-0.3, -0.25) is 9.59 Å². The van der Waals surface area contributed by atoms with E-state index in [1.165, 1.54) is 0 Å². The second kappa shape index (κ2) is 8.46. The van der Waals surface area contributed by atoms with Crippen LogP contribution in [0, 0.1) is 0 Å². The normalized spacial score (nSPS) is 12.9. The molecule has 0 radical (unpaired) electrons. The molecule has 5 nitrogen and oxygen atoms in total. The fourth-order valence-electron chi connectivity index (χ4n) is 3.52. The van der Waals surface area contributed by atoms with Gasteiger partial charge < -0.3 is 16.0 Å². The highest BCUT2D eigenvalue weighted by Gasteiger charge is 2.33. The number of benzene rings is 2. The number of fused-ring (bicyclic) bond motifs is 2. The van der Waals surface area contributed by atoms with E-state index in [-0.39, 0.29) is 11.6 Å². The average molecular weight is 365 g/mol. The molecule has 0 unspecified atom stereocenters. The molecule has 0 spiro atoms. The van der Waals surface area contributed by atoms with Crippen molar-refractivity contribution in [2.24, 2.45) is 5.73 Å². The van der Waals surface area contributed by atoms with Gasteiger partial charge in [0.2, 0.25) is 0 Å². The topological polar surface area (TPSA) is 75.4 Å². The third kappa shape index (κ3) is 3.94. The molecule has 2 aromatic rings. The summed E-state index contributed by atoms with van der Waals surface area (Å²) < 4.78 is 0. The van der Waals surface area contributed by atoms with Gasteiger partial charge in [0.1, 0.15) is 0 Å². The average Bonchev–Trinajstić information content (AvgIpc) is 2.66. The van der Waals surface area contributed by atoms with E-state index in [1.54, 1.807) is 18.2 Å². The first kappa shape index (κ1) is 19.3. The van der Waals surface area contributed by atoms with Crippen LogP contribution in [-0.4, -0.2) is 50.2 Å². The Hall–Kier alpha value is -2.50. The van der Waals surface area contributed by atoms with Gasteiger partial charge in [-0.2, -0.15) is 0 Å². The van der Waals surface area contributed by atoms with Crippen molar-refractivity contribution in [1.82, 2.24) is 4.90 Å². The summed E-state index contributed by atoms with van der Waals surface area (Å²) in [4.78, 5) is 28.5. The number of rotatable bonds is 8. The van der Waals surface area contributed by atoms with Crippen molar-refractivity contribution in [2.45, 2.75) is 19.3 Å². The number of nitrogens with one attached hydrogen (secondary N) is 1. The molecule has 0 aliphatic heterocycles. The molecule has 0 fully saturated rings. The summed E-state index contributed by atoms with van der Waals surface area (Å²) in [7, 11) is 4.01. The zero-order valence-electron chi connectivity index (χ0n) is 16.0. The first-order chi connectivity index (χ1) is 13.0. The fourth-order valence-corrected chi connectivity index (χ4v) is 3.52. The van der Waals surface area contributed by atoms with Crippen molar-refractivity contribution in [3.8, 4) is 0 Å². The summed E-state index contributed by atoms with van der Waals surface area (Å²) in [5, 5.41) is 3.35. The molecule has 5 heteroatoms. The van der Waals surface area contributed by atoms with Gasteiger partial charge in [-0.15, -0.1) is 0 Å². The number of hydrogen-bond donors (Lipinski definition) is 2. The van der Waals surface area contributed by atoms with E-state index in [9.17, 15) is 9.59 Å². The maximum atomic E-state index is 13.2. The molecular weight excluding hydrogens is 338 g/mol. The summed E-state index contributed by atoms with van der Waals surface area (Å²) in [6.07, 6.45) is 2.55. The third-order valence-electron chi connectivity index (χ3n) is 4.94. The molecule has 0 heterocycles. The van der Waals surface area contributed by atoms with Gasteiger partial charge in [0, 0.05) is 35.5 Å². The van der Waals surface area contributed by atoms with Crippen LogP contribution in [0.3, 0.4) is 0 Å². The molecule has 1 aliphatic rings. The second-order valence-corrected chi connectivity index (χ2v) is 7.20. The number of anilines is 1. The molecule has 27 heavy (non-hydrogen) atoms. The van der Waals surface area contributed by atoms with Crippen LogP contribution in [0.5, 0.6) is 0 Å². The SMILES string of the molecule is CN(C)CCNc1ccc(CCCCN)c2c1C(=O)c1ccccc1C2=O. The zero-order chi connectivity index (χ0) is 19.4. The lowest BCUT2D eigenvalue weighted by Gasteiger charge is -2.24. The van der Waals surface area contributed by atoms with E-state index < -0.39 is 0 Å². The van der Waals surface area contributed by atoms with Crippen molar-refractivity contribution in [3.63, 3.8) is 0 Å². The molecule has 3 N–H and O–H groups in total. The standard InChI is InChI=1S/C22H27N3O2/c1-25(2)14-13-24-18-11-10-15(7-5-6-12-23)19-20(18)22(27)17-9-4-3-8-16(17)21(19)26/h3-4,8-11,24H,5-7,12-14,23H2,1-2H3. The van der Waals surface area contributed by atoms with E-state index >= 15 is 0 Å². The monoisotopic (exact) mass is 365 g/mol. The van der Waals surface area contributed by atoms with Crippen LogP contribution in [-0.2, 0) is 6.42 Å². The lowest BCUT2D eigenvalue weighted by atomic mass is 9.80. The Kier molecular flexibility index (Phi) is 6.04. The predicted molar refractivity (Wildman–Crippen MR) is 109 cm³/mol. The van der Waals surface area contributed by atoms with E-state index in [2.05, 4.69) is 10.2 Å². The van der Waals surface area contributed by atoms with Gasteiger partial charge in [0.15, 0.2) is 11.6 Å². The molecule has 0 aromatic heterocycles. The second-order valence-electron chi connectivity index (χ2n) is 7.20. The first-order valence-corrected chi connectivity index (χ1v) is 9.47. The van der Waals surface area contributed by atoms with Gasteiger partial charge in [0.05, 0.1) is 5.56 Å². The van der Waals surface area contributed by atoms with Crippen molar-refractivity contribution in [1.29, 1.82) is 0 Å². The van der Waals surface area contributed by atoms with E-state index in [0.29, 0.717) is 35.3 Å². The summed E-state index contributed by atoms with van der Waals surface area (Å²) in [5.74, 6) is -0.132. The van der Waals surface area contributed by atoms with Crippen molar-refractivity contribution >= 4 is 17.3 Å². The number of ketones is 2. The van der Waals surface area contributed by atoms with Crippen LogP contribution in [0.4, 0.5) is 5.69 Å². The minimum Gasteiger partial charge on any atom is -0.383 e. The van der Waals surface area contributed by atoms with Gasteiger partial charge in [-0.05, 0) is 51.5 Å². The summed E-state index contributed by atoms with van der Waals surface area (Å²) in [6, 6.07) is 11.0. The van der Waals surface area contributed by atoms with Crippen LogP contribution < -0.4 is 11.1 Å². The van der Waals surface area contributed by atoms with Crippen LogP contribution in [0.15, 0.2) is 36.4 Å². The summed E-state index contributed by atoms with van der Waals surface area (Å²) in [6.45, 7) is 2.17. The predicted octanol–water partition coefficient (Wildman–Crippen LogP) is 2.72. The summed E-state index contributed by atoms with van der Waals surface area (Å²) in [5.41, 5.74) is 9.35. The molecular formula is C22H27N3O2. The lowest BCUT2D eigenvalue weighted by molar-refractivity contribution is 0.0979. The first-order valence-electron chi connectivity index (χ1n) is 9.47. The third-order valence-corrected chi connectivity index (χ3v) is 4.94. The summed E-state index contributed by atoms with van der Waals surface area (Å²) >= 11 is 0. The highest BCUT2D eigenvalue weighted by molar-refractivity contribution is 6.30. The minimum absolute atomic E-state index is 0.0563. The van der Waals surface area contributed by atoms with Crippen LogP contribution in [0.2, 0.25) is 0 Å². The molecule has 0 atom stereocenters.